The van der Waals surface area contributed by atoms with Gasteiger partial charge in [-0.2, -0.15) is 0 Å². The highest BCUT2D eigenvalue weighted by molar-refractivity contribution is 7.80. The molecule has 0 radical (unpaired) electrons. The average molecular weight is 249 g/mol. The van der Waals surface area contributed by atoms with Crippen LogP contribution in [0.4, 0.5) is 0 Å². The molecule has 0 aliphatic carbocycles. The number of carbonyl (C=O) groups excluding carboxylic acids is 1. The zero-order valence-corrected chi connectivity index (χ0v) is 11.3. The standard InChI is InChI=1S/C14H19NOS/c1-3-11-5-4-8-15(11)14(16)13-9-12(17)7-6-10(13)2/h6-7,9,11,17H,3-5,8H2,1-2H3. The van der Waals surface area contributed by atoms with Crippen LogP contribution in [0.2, 0.25) is 0 Å². The highest BCUT2D eigenvalue weighted by Gasteiger charge is 2.28. The SMILES string of the molecule is CCC1CCCN1C(=O)c1cc(S)ccc1C. The van der Waals surface area contributed by atoms with Crippen LogP contribution >= 0.6 is 12.6 Å². The van der Waals surface area contributed by atoms with Crippen molar-refractivity contribution >= 4 is 18.5 Å². The number of amides is 1. The summed E-state index contributed by atoms with van der Waals surface area (Å²) in [4.78, 5) is 15.4. The summed E-state index contributed by atoms with van der Waals surface area (Å²) in [6.07, 6.45) is 3.32. The van der Waals surface area contributed by atoms with Gasteiger partial charge in [-0.3, -0.25) is 4.79 Å². The van der Waals surface area contributed by atoms with Gasteiger partial charge in [-0.15, -0.1) is 12.6 Å². The Kier molecular flexibility index (Phi) is 3.77. The zero-order chi connectivity index (χ0) is 12.4. The molecule has 17 heavy (non-hydrogen) atoms. The van der Waals surface area contributed by atoms with Gasteiger partial charge >= 0.3 is 0 Å². The lowest BCUT2D eigenvalue weighted by atomic mass is 10.1. The van der Waals surface area contributed by atoms with Gasteiger partial charge in [0.15, 0.2) is 0 Å². The Hall–Kier alpha value is -0.960. The molecule has 1 unspecified atom stereocenters. The van der Waals surface area contributed by atoms with E-state index in [1.165, 1.54) is 0 Å². The second kappa shape index (κ2) is 5.13. The van der Waals surface area contributed by atoms with Crippen molar-refractivity contribution in [1.29, 1.82) is 0 Å². The van der Waals surface area contributed by atoms with Gasteiger partial charge in [0.05, 0.1) is 0 Å². The normalized spacial score (nSPS) is 19.7. The number of hydrogen-bond donors (Lipinski definition) is 1. The monoisotopic (exact) mass is 249 g/mol. The minimum Gasteiger partial charge on any atom is -0.336 e. The maximum atomic E-state index is 12.5. The Morgan fingerprint density at radius 3 is 3.00 bits per heavy atom. The van der Waals surface area contributed by atoms with E-state index in [-0.39, 0.29) is 5.91 Å². The largest absolute Gasteiger partial charge is 0.336 e. The Morgan fingerprint density at radius 1 is 1.53 bits per heavy atom. The van der Waals surface area contributed by atoms with Gasteiger partial charge in [-0.25, -0.2) is 0 Å². The summed E-state index contributed by atoms with van der Waals surface area (Å²) < 4.78 is 0. The molecule has 2 nitrogen and oxygen atoms in total. The van der Waals surface area contributed by atoms with Crippen molar-refractivity contribution in [2.45, 2.75) is 44.0 Å². The van der Waals surface area contributed by atoms with E-state index in [1.54, 1.807) is 0 Å². The van der Waals surface area contributed by atoms with Gasteiger partial charge < -0.3 is 4.90 Å². The van der Waals surface area contributed by atoms with Crippen molar-refractivity contribution in [1.82, 2.24) is 4.90 Å². The molecule has 1 aliphatic rings. The molecule has 0 N–H and O–H groups in total. The summed E-state index contributed by atoms with van der Waals surface area (Å²) in [5.41, 5.74) is 1.84. The molecule has 0 saturated carbocycles. The summed E-state index contributed by atoms with van der Waals surface area (Å²) in [5, 5.41) is 0. The molecular weight excluding hydrogens is 230 g/mol. The van der Waals surface area contributed by atoms with Gasteiger partial charge in [0, 0.05) is 23.0 Å². The third-order valence-electron chi connectivity index (χ3n) is 3.56. The van der Waals surface area contributed by atoms with Crippen molar-refractivity contribution in [3.05, 3.63) is 29.3 Å². The predicted molar refractivity (Wildman–Crippen MR) is 72.8 cm³/mol. The molecule has 1 aromatic carbocycles. The van der Waals surface area contributed by atoms with Crippen LogP contribution in [-0.4, -0.2) is 23.4 Å². The first-order valence-electron chi connectivity index (χ1n) is 6.24. The van der Waals surface area contributed by atoms with Crippen LogP contribution in [0.1, 0.15) is 42.1 Å². The average Bonchev–Trinajstić information content (AvgIpc) is 2.79. The fourth-order valence-electron chi connectivity index (χ4n) is 2.52. The van der Waals surface area contributed by atoms with E-state index in [4.69, 9.17) is 0 Å². The second-order valence-corrected chi connectivity index (χ2v) is 5.22. The number of nitrogens with zero attached hydrogens (tertiary/aromatic N) is 1. The summed E-state index contributed by atoms with van der Waals surface area (Å²) >= 11 is 4.31. The minimum atomic E-state index is 0.169. The Bertz CT molecular complexity index is 430. The van der Waals surface area contributed by atoms with E-state index in [2.05, 4.69) is 19.6 Å². The molecule has 0 bridgehead atoms. The second-order valence-electron chi connectivity index (χ2n) is 4.70. The number of hydrogen-bond acceptors (Lipinski definition) is 2. The Labute approximate surface area is 108 Å². The van der Waals surface area contributed by atoms with Crippen molar-refractivity contribution < 1.29 is 4.79 Å². The molecule has 0 aromatic heterocycles. The quantitative estimate of drug-likeness (QED) is 0.797. The van der Waals surface area contributed by atoms with Gasteiger partial charge in [0.1, 0.15) is 0 Å². The maximum absolute atomic E-state index is 12.5. The topological polar surface area (TPSA) is 20.3 Å². The van der Waals surface area contributed by atoms with E-state index in [1.807, 2.05) is 30.0 Å². The summed E-state index contributed by atoms with van der Waals surface area (Å²) in [7, 11) is 0. The number of rotatable bonds is 2. The van der Waals surface area contributed by atoms with Crippen molar-refractivity contribution in [3.8, 4) is 0 Å². The van der Waals surface area contributed by atoms with Crippen LogP contribution in [0.3, 0.4) is 0 Å². The molecule has 2 rings (SSSR count). The van der Waals surface area contributed by atoms with E-state index >= 15 is 0 Å². The maximum Gasteiger partial charge on any atom is 0.254 e. The van der Waals surface area contributed by atoms with Crippen molar-refractivity contribution in [2.75, 3.05) is 6.54 Å². The van der Waals surface area contributed by atoms with Crippen LogP contribution in [0, 0.1) is 6.92 Å². The predicted octanol–water partition coefficient (Wildman–Crippen LogP) is 3.30. The molecule has 1 amide bonds. The number of thiol groups is 1. The fraction of sp³-hybridized carbons (Fsp3) is 0.500. The van der Waals surface area contributed by atoms with Gasteiger partial charge in [0.25, 0.3) is 5.91 Å². The first kappa shape index (κ1) is 12.5. The fourth-order valence-corrected chi connectivity index (χ4v) is 2.73. The van der Waals surface area contributed by atoms with Gasteiger partial charge in [0.2, 0.25) is 0 Å². The van der Waals surface area contributed by atoms with Crippen molar-refractivity contribution in [2.24, 2.45) is 0 Å². The number of carbonyl (C=O) groups is 1. The molecule has 1 atom stereocenters. The molecule has 1 aliphatic heterocycles. The van der Waals surface area contributed by atoms with Crippen LogP contribution in [-0.2, 0) is 0 Å². The lowest BCUT2D eigenvalue weighted by Crippen LogP contribution is -2.35. The molecule has 3 heteroatoms. The Morgan fingerprint density at radius 2 is 2.29 bits per heavy atom. The lowest BCUT2D eigenvalue weighted by Gasteiger charge is -2.24. The van der Waals surface area contributed by atoms with E-state index < -0.39 is 0 Å². The number of benzene rings is 1. The first-order chi connectivity index (χ1) is 8.13. The molecule has 1 heterocycles. The third kappa shape index (κ3) is 2.49. The molecule has 0 spiro atoms. The highest BCUT2D eigenvalue weighted by Crippen LogP contribution is 2.24. The van der Waals surface area contributed by atoms with Crippen LogP contribution in [0.15, 0.2) is 23.1 Å². The summed E-state index contributed by atoms with van der Waals surface area (Å²) in [6, 6.07) is 6.19. The van der Waals surface area contributed by atoms with Crippen LogP contribution in [0.25, 0.3) is 0 Å². The molecule has 1 saturated heterocycles. The number of likely N-dealkylation sites (tertiary alicyclic amines) is 1. The smallest absolute Gasteiger partial charge is 0.254 e. The lowest BCUT2D eigenvalue weighted by molar-refractivity contribution is 0.0732. The highest BCUT2D eigenvalue weighted by atomic mass is 32.1. The molecule has 1 fully saturated rings. The molecule has 92 valence electrons. The molecule has 1 aromatic rings. The van der Waals surface area contributed by atoms with E-state index in [0.717, 1.165) is 41.8 Å². The zero-order valence-electron chi connectivity index (χ0n) is 10.4. The number of aryl methyl sites for hydroxylation is 1. The van der Waals surface area contributed by atoms with E-state index in [9.17, 15) is 4.79 Å². The minimum absolute atomic E-state index is 0.169. The van der Waals surface area contributed by atoms with E-state index in [0.29, 0.717) is 6.04 Å². The summed E-state index contributed by atoms with van der Waals surface area (Å²) in [5.74, 6) is 0.169. The van der Waals surface area contributed by atoms with Crippen LogP contribution in [0.5, 0.6) is 0 Å². The molecular formula is C14H19NOS. The van der Waals surface area contributed by atoms with Crippen LogP contribution < -0.4 is 0 Å². The Balaban J connectivity index is 2.27. The van der Waals surface area contributed by atoms with Gasteiger partial charge in [-0.05, 0) is 43.9 Å². The third-order valence-corrected chi connectivity index (χ3v) is 3.84. The first-order valence-corrected chi connectivity index (χ1v) is 6.68. The van der Waals surface area contributed by atoms with Crippen molar-refractivity contribution in [3.63, 3.8) is 0 Å². The van der Waals surface area contributed by atoms with Gasteiger partial charge in [-0.1, -0.05) is 13.0 Å². The summed E-state index contributed by atoms with van der Waals surface area (Å²) in [6.45, 7) is 5.03.